The van der Waals surface area contributed by atoms with Crippen LogP contribution in [0.1, 0.15) is 60.5 Å². The molecule has 37 heavy (non-hydrogen) atoms. The summed E-state index contributed by atoms with van der Waals surface area (Å²) in [5.41, 5.74) is 5.28. The summed E-state index contributed by atoms with van der Waals surface area (Å²) in [5, 5.41) is 11.6. The van der Waals surface area contributed by atoms with Crippen LogP contribution in [0.5, 0.6) is 0 Å². The second-order valence-corrected chi connectivity index (χ2v) is 10.6. The highest BCUT2D eigenvalue weighted by atomic mass is 16.3. The van der Waals surface area contributed by atoms with E-state index in [4.69, 9.17) is 0 Å². The summed E-state index contributed by atoms with van der Waals surface area (Å²) < 4.78 is 1.88. The Morgan fingerprint density at radius 3 is 2.38 bits per heavy atom. The molecule has 4 aromatic rings. The van der Waals surface area contributed by atoms with Crippen molar-refractivity contribution in [3.05, 3.63) is 106 Å². The van der Waals surface area contributed by atoms with Crippen molar-refractivity contribution in [1.82, 2.24) is 19.3 Å². The second kappa shape index (κ2) is 9.00. The van der Waals surface area contributed by atoms with Gasteiger partial charge in [-0.05, 0) is 53.6 Å². The highest BCUT2D eigenvalue weighted by molar-refractivity contribution is 6.46. The van der Waals surface area contributed by atoms with Crippen molar-refractivity contribution in [2.75, 3.05) is 0 Å². The molecule has 0 bridgehead atoms. The van der Waals surface area contributed by atoms with Gasteiger partial charge in [0.05, 0.1) is 17.3 Å². The minimum absolute atomic E-state index is 0.0431. The second-order valence-electron chi connectivity index (χ2n) is 10.6. The van der Waals surface area contributed by atoms with E-state index in [1.54, 1.807) is 18.5 Å². The number of Topliss-reactive ketones (excluding diaryl/α,β-unsaturated/α-hetero) is 1. The third kappa shape index (κ3) is 4.20. The number of imidazole rings is 1. The van der Waals surface area contributed by atoms with Gasteiger partial charge in [0, 0.05) is 25.1 Å². The number of fused-ring (bicyclic) bond motifs is 1. The summed E-state index contributed by atoms with van der Waals surface area (Å²) in [5.74, 6) is -1.65. The standard InChI is InChI=1S/C30H30N4O3/c1-18-8-7-15-33-19(2)24(32-28(18)33)26(35)23-25(21-10-12-22(13-11-21)30(3,4)5)34(29(37)27(23)36)17-20-9-6-14-31-16-20/h6-16,25,35H,17H2,1-5H3/b26-23+. The molecule has 1 unspecified atom stereocenters. The first-order valence-electron chi connectivity index (χ1n) is 12.3. The van der Waals surface area contributed by atoms with Gasteiger partial charge in [-0.3, -0.25) is 14.6 Å². The molecule has 0 spiro atoms. The third-order valence-corrected chi connectivity index (χ3v) is 7.02. The fraction of sp³-hybridized carbons (Fsp3) is 0.267. The predicted octanol–water partition coefficient (Wildman–Crippen LogP) is 5.27. The number of ketones is 1. The van der Waals surface area contributed by atoms with Gasteiger partial charge in [-0.1, -0.05) is 57.2 Å². The number of aryl methyl sites for hydroxylation is 2. The Labute approximate surface area is 216 Å². The van der Waals surface area contributed by atoms with Gasteiger partial charge in [0.15, 0.2) is 5.76 Å². The van der Waals surface area contributed by atoms with Crippen LogP contribution in [0.15, 0.2) is 72.7 Å². The molecule has 1 aliphatic heterocycles. The number of rotatable bonds is 4. The molecule has 0 saturated carbocycles. The summed E-state index contributed by atoms with van der Waals surface area (Å²) in [6, 6.07) is 14.6. The van der Waals surface area contributed by atoms with E-state index in [-0.39, 0.29) is 23.3 Å². The zero-order valence-electron chi connectivity index (χ0n) is 21.7. The summed E-state index contributed by atoms with van der Waals surface area (Å²) in [6.45, 7) is 10.4. The van der Waals surface area contributed by atoms with Crippen molar-refractivity contribution in [3.8, 4) is 0 Å². The maximum absolute atomic E-state index is 13.5. The number of hydrogen-bond donors (Lipinski definition) is 1. The first-order chi connectivity index (χ1) is 17.6. The average Bonchev–Trinajstić information content (AvgIpc) is 3.34. The molecule has 1 aliphatic rings. The SMILES string of the molecule is Cc1cccn2c(C)c(/C(O)=C3\C(=O)C(=O)N(Cc4cccnc4)C3c3ccc(C(C)(C)C)cc3)nc12. The lowest BCUT2D eigenvalue weighted by atomic mass is 9.85. The lowest BCUT2D eigenvalue weighted by molar-refractivity contribution is -0.140. The minimum atomic E-state index is -0.764. The molecule has 7 nitrogen and oxygen atoms in total. The number of aromatic nitrogens is 3. The molecular formula is C30H30N4O3. The molecule has 1 amide bonds. The Morgan fingerprint density at radius 2 is 1.76 bits per heavy atom. The first-order valence-corrected chi connectivity index (χ1v) is 12.3. The van der Waals surface area contributed by atoms with Crippen molar-refractivity contribution in [1.29, 1.82) is 0 Å². The smallest absolute Gasteiger partial charge is 0.295 e. The van der Waals surface area contributed by atoms with E-state index >= 15 is 0 Å². The molecule has 4 heterocycles. The molecular weight excluding hydrogens is 464 g/mol. The number of benzene rings is 1. The number of pyridine rings is 2. The molecule has 1 aromatic carbocycles. The van der Waals surface area contributed by atoms with Crippen molar-refractivity contribution in [3.63, 3.8) is 0 Å². The van der Waals surface area contributed by atoms with Crippen molar-refractivity contribution >= 4 is 23.1 Å². The van der Waals surface area contributed by atoms with E-state index in [1.165, 1.54) is 4.90 Å². The van der Waals surface area contributed by atoms with E-state index in [0.717, 1.165) is 22.3 Å². The predicted molar refractivity (Wildman–Crippen MR) is 142 cm³/mol. The topological polar surface area (TPSA) is 87.8 Å². The number of likely N-dealkylation sites (tertiary alicyclic amines) is 1. The van der Waals surface area contributed by atoms with E-state index in [1.807, 2.05) is 66.9 Å². The van der Waals surface area contributed by atoms with Crippen LogP contribution in [0, 0.1) is 13.8 Å². The number of aliphatic hydroxyl groups excluding tert-OH is 1. The number of carbonyl (C=O) groups excluding carboxylic acids is 2. The number of carbonyl (C=O) groups is 2. The van der Waals surface area contributed by atoms with Gasteiger partial charge in [0.1, 0.15) is 11.3 Å². The zero-order valence-corrected chi connectivity index (χ0v) is 21.7. The molecule has 5 rings (SSSR count). The molecule has 188 valence electrons. The van der Waals surface area contributed by atoms with Crippen LogP contribution >= 0.6 is 0 Å². The Morgan fingerprint density at radius 1 is 1.03 bits per heavy atom. The number of amides is 1. The van der Waals surface area contributed by atoms with Crippen LogP contribution in [0.2, 0.25) is 0 Å². The monoisotopic (exact) mass is 494 g/mol. The van der Waals surface area contributed by atoms with Gasteiger partial charge in [-0.15, -0.1) is 0 Å². The van der Waals surface area contributed by atoms with E-state index < -0.39 is 17.7 Å². The fourth-order valence-corrected chi connectivity index (χ4v) is 4.92. The van der Waals surface area contributed by atoms with Crippen molar-refractivity contribution < 1.29 is 14.7 Å². The lowest BCUT2D eigenvalue weighted by Crippen LogP contribution is -2.29. The van der Waals surface area contributed by atoms with Gasteiger partial charge in [-0.2, -0.15) is 0 Å². The summed E-state index contributed by atoms with van der Waals surface area (Å²) in [6.07, 6.45) is 5.20. The highest BCUT2D eigenvalue weighted by Gasteiger charge is 2.46. The van der Waals surface area contributed by atoms with E-state index in [2.05, 4.69) is 30.7 Å². The third-order valence-electron chi connectivity index (χ3n) is 7.02. The van der Waals surface area contributed by atoms with E-state index in [9.17, 15) is 14.7 Å². The maximum atomic E-state index is 13.5. The Balaban J connectivity index is 1.69. The molecule has 0 radical (unpaired) electrons. The summed E-state index contributed by atoms with van der Waals surface area (Å²) in [4.78, 5) is 37.2. The first kappa shape index (κ1) is 24.4. The van der Waals surface area contributed by atoms with Gasteiger partial charge < -0.3 is 14.4 Å². The van der Waals surface area contributed by atoms with Crippen LogP contribution in [0.25, 0.3) is 11.4 Å². The van der Waals surface area contributed by atoms with Gasteiger partial charge in [0.2, 0.25) is 0 Å². The summed E-state index contributed by atoms with van der Waals surface area (Å²) in [7, 11) is 0. The molecule has 1 atom stereocenters. The van der Waals surface area contributed by atoms with Crippen LogP contribution in [0.4, 0.5) is 0 Å². The molecule has 0 aliphatic carbocycles. The molecule has 1 N–H and O–H groups in total. The molecule has 1 fully saturated rings. The van der Waals surface area contributed by atoms with E-state index in [0.29, 0.717) is 17.0 Å². The zero-order chi connectivity index (χ0) is 26.5. The number of nitrogens with zero attached hydrogens (tertiary/aromatic N) is 4. The van der Waals surface area contributed by atoms with Gasteiger partial charge in [-0.25, -0.2) is 4.98 Å². The normalized spacial score (nSPS) is 17.6. The van der Waals surface area contributed by atoms with Crippen molar-refractivity contribution in [2.24, 2.45) is 0 Å². The largest absolute Gasteiger partial charge is 0.505 e. The summed E-state index contributed by atoms with van der Waals surface area (Å²) >= 11 is 0. The number of aliphatic hydroxyl groups is 1. The van der Waals surface area contributed by atoms with Crippen LogP contribution in [0.3, 0.4) is 0 Å². The van der Waals surface area contributed by atoms with Crippen molar-refractivity contribution in [2.45, 2.75) is 52.6 Å². The molecule has 7 heteroatoms. The van der Waals surface area contributed by atoms with Crippen LogP contribution < -0.4 is 0 Å². The Bertz CT molecular complexity index is 1540. The maximum Gasteiger partial charge on any atom is 0.295 e. The van der Waals surface area contributed by atoms with Gasteiger partial charge >= 0.3 is 0 Å². The number of hydrogen-bond acceptors (Lipinski definition) is 5. The Hall–Kier alpha value is -4.26. The fourth-order valence-electron chi connectivity index (χ4n) is 4.92. The van der Waals surface area contributed by atoms with Gasteiger partial charge in [0.25, 0.3) is 11.7 Å². The van der Waals surface area contributed by atoms with Crippen LogP contribution in [-0.4, -0.2) is 36.1 Å². The van der Waals surface area contributed by atoms with Crippen LogP contribution in [-0.2, 0) is 21.5 Å². The Kier molecular flexibility index (Phi) is 5.94. The minimum Gasteiger partial charge on any atom is -0.505 e. The molecule has 3 aromatic heterocycles. The highest BCUT2D eigenvalue weighted by Crippen LogP contribution is 2.41. The average molecular weight is 495 g/mol. The lowest BCUT2D eigenvalue weighted by Gasteiger charge is -2.26. The quantitative estimate of drug-likeness (QED) is 0.237. The molecule has 1 saturated heterocycles.